The Morgan fingerprint density at radius 3 is 2.05 bits per heavy atom. The van der Waals surface area contributed by atoms with Gasteiger partial charge in [-0.3, -0.25) is 9.59 Å². The molecular formula is C31H51NO6. The molecule has 1 amide bonds. The lowest BCUT2D eigenvalue weighted by molar-refractivity contribution is -0.159. The highest BCUT2D eigenvalue weighted by atomic mass is 16.6. The summed E-state index contributed by atoms with van der Waals surface area (Å²) in [4.78, 5) is 38.6. The van der Waals surface area contributed by atoms with Crippen LogP contribution in [0, 0.1) is 29.6 Å². The molecule has 6 unspecified atom stereocenters. The van der Waals surface area contributed by atoms with Crippen molar-refractivity contribution in [3.05, 3.63) is 35.9 Å². The Kier molecular flexibility index (Phi) is 14.0. The van der Waals surface area contributed by atoms with E-state index in [1.807, 2.05) is 71.9 Å². The first kappa shape index (κ1) is 33.6. The first-order chi connectivity index (χ1) is 17.7. The van der Waals surface area contributed by atoms with E-state index in [4.69, 9.17) is 14.2 Å². The van der Waals surface area contributed by atoms with E-state index in [1.165, 1.54) is 0 Å². The van der Waals surface area contributed by atoms with Gasteiger partial charge in [0.1, 0.15) is 12.2 Å². The van der Waals surface area contributed by atoms with Crippen molar-refractivity contribution in [1.82, 2.24) is 5.32 Å². The molecule has 7 heteroatoms. The quantitative estimate of drug-likeness (QED) is 0.256. The molecule has 0 radical (unpaired) electrons. The molecule has 0 heterocycles. The number of amides is 1. The highest BCUT2D eigenvalue weighted by Crippen LogP contribution is 2.33. The third-order valence-electron chi connectivity index (χ3n) is 7.35. The van der Waals surface area contributed by atoms with Crippen LogP contribution in [0.25, 0.3) is 0 Å². The zero-order valence-corrected chi connectivity index (χ0v) is 25.2. The molecule has 0 aliphatic heterocycles. The Balaban J connectivity index is 2.90. The maximum Gasteiger partial charge on any atom is 0.408 e. The number of alkyl carbamates (subject to hydrolysis) is 1. The van der Waals surface area contributed by atoms with Gasteiger partial charge in [-0.15, -0.1) is 0 Å². The predicted molar refractivity (Wildman–Crippen MR) is 151 cm³/mol. The van der Waals surface area contributed by atoms with E-state index in [-0.39, 0.29) is 54.6 Å². The minimum absolute atomic E-state index is 0.0150. The lowest BCUT2D eigenvalue weighted by Gasteiger charge is -2.35. The second-order valence-electron chi connectivity index (χ2n) is 11.9. The summed E-state index contributed by atoms with van der Waals surface area (Å²) in [7, 11) is 1.63. The normalized spacial score (nSPS) is 16.6. The van der Waals surface area contributed by atoms with Crippen LogP contribution in [0.2, 0.25) is 0 Å². The van der Waals surface area contributed by atoms with Gasteiger partial charge in [0, 0.05) is 13.0 Å². The van der Waals surface area contributed by atoms with Crippen molar-refractivity contribution in [2.75, 3.05) is 7.11 Å². The third-order valence-corrected chi connectivity index (χ3v) is 7.35. The van der Waals surface area contributed by atoms with Gasteiger partial charge in [-0.2, -0.15) is 0 Å². The summed E-state index contributed by atoms with van der Waals surface area (Å²) in [6, 6.07) is 8.77. The highest BCUT2D eigenvalue weighted by Gasteiger charge is 2.36. The summed E-state index contributed by atoms with van der Waals surface area (Å²) in [6.45, 7) is 17.8. The summed E-state index contributed by atoms with van der Waals surface area (Å²) in [5, 5.41) is 2.79. The topological polar surface area (TPSA) is 90.9 Å². The number of carbonyl (C=O) groups is 3. The molecule has 0 aromatic heterocycles. The van der Waals surface area contributed by atoms with Crippen molar-refractivity contribution in [2.45, 2.75) is 106 Å². The SMILES string of the molecule is CCC(C)C(CC(C)C(C)C(=O)C(NC(=O)OCc1ccccc1)C(C)C)C(CC(=O)OC(C)(C)C)OC. The number of methoxy groups -OCH3 is 1. The molecule has 0 fully saturated rings. The molecule has 0 aliphatic rings. The number of ether oxygens (including phenoxy) is 3. The molecule has 7 nitrogen and oxygen atoms in total. The smallest absolute Gasteiger partial charge is 0.408 e. The van der Waals surface area contributed by atoms with E-state index in [2.05, 4.69) is 26.1 Å². The minimum Gasteiger partial charge on any atom is -0.460 e. The zero-order chi connectivity index (χ0) is 29.0. The molecule has 0 saturated heterocycles. The van der Waals surface area contributed by atoms with Gasteiger partial charge in [-0.25, -0.2) is 4.79 Å². The molecule has 1 N–H and O–H groups in total. The second-order valence-corrected chi connectivity index (χ2v) is 11.9. The number of Topliss-reactive ketones (excluding diaryl/α,β-unsaturated/α-hetero) is 1. The van der Waals surface area contributed by atoms with Crippen LogP contribution < -0.4 is 5.32 Å². The molecule has 1 rings (SSSR count). The summed E-state index contributed by atoms with van der Waals surface area (Å²) in [5.74, 6) is -0.321. The molecule has 216 valence electrons. The molecule has 6 atom stereocenters. The second kappa shape index (κ2) is 15.9. The number of esters is 1. The van der Waals surface area contributed by atoms with E-state index in [1.54, 1.807) is 7.11 Å². The van der Waals surface area contributed by atoms with Crippen molar-refractivity contribution in [1.29, 1.82) is 0 Å². The minimum atomic E-state index is -0.655. The molecule has 1 aromatic rings. The van der Waals surface area contributed by atoms with E-state index in [0.29, 0.717) is 12.3 Å². The largest absolute Gasteiger partial charge is 0.460 e. The molecule has 0 bridgehead atoms. The highest BCUT2D eigenvalue weighted by molar-refractivity contribution is 5.89. The lowest BCUT2D eigenvalue weighted by Crippen LogP contribution is -2.48. The van der Waals surface area contributed by atoms with Crippen molar-refractivity contribution in [3.8, 4) is 0 Å². The van der Waals surface area contributed by atoms with Gasteiger partial charge in [0.25, 0.3) is 0 Å². The monoisotopic (exact) mass is 533 g/mol. The van der Waals surface area contributed by atoms with Crippen LogP contribution in [0.15, 0.2) is 30.3 Å². The van der Waals surface area contributed by atoms with Gasteiger partial charge in [-0.1, -0.05) is 78.3 Å². The molecule has 1 aromatic carbocycles. The third kappa shape index (κ3) is 11.5. The van der Waals surface area contributed by atoms with Crippen molar-refractivity contribution < 1.29 is 28.6 Å². The fourth-order valence-electron chi connectivity index (χ4n) is 4.67. The van der Waals surface area contributed by atoms with Crippen LogP contribution >= 0.6 is 0 Å². The van der Waals surface area contributed by atoms with Crippen LogP contribution in [0.5, 0.6) is 0 Å². The molecule has 0 aliphatic carbocycles. The van der Waals surface area contributed by atoms with Gasteiger partial charge < -0.3 is 19.5 Å². The standard InChI is InChI=1S/C31H51NO6/c1-11-21(4)25(26(36-10)18-27(33)38-31(7,8)9)17-22(5)23(6)29(34)28(20(2)3)32-30(35)37-19-24-15-13-12-14-16-24/h12-16,20-23,25-26,28H,11,17-19H2,1-10H3,(H,32,35). The summed E-state index contributed by atoms with van der Waals surface area (Å²) < 4.78 is 16.7. The maximum absolute atomic E-state index is 13.6. The number of rotatable bonds is 15. The number of hydrogen-bond acceptors (Lipinski definition) is 6. The Labute approximate surface area is 230 Å². The predicted octanol–water partition coefficient (Wildman–Crippen LogP) is 6.58. The van der Waals surface area contributed by atoms with Crippen LogP contribution in [0.3, 0.4) is 0 Å². The van der Waals surface area contributed by atoms with E-state index < -0.39 is 17.7 Å². The van der Waals surface area contributed by atoms with Crippen LogP contribution in [-0.2, 0) is 30.4 Å². The van der Waals surface area contributed by atoms with Crippen molar-refractivity contribution >= 4 is 17.8 Å². The average Bonchev–Trinajstić information content (AvgIpc) is 2.85. The lowest BCUT2D eigenvalue weighted by atomic mass is 9.74. The average molecular weight is 534 g/mol. The summed E-state index contributed by atoms with van der Waals surface area (Å²) >= 11 is 0. The number of carbonyl (C=O) groups excluding carboxylic acids is 3. The van der Waals surface area contributed by atoms with Crippen molar-refractivity contribution in [3.63, 3.8) is 0 Å². The Bertz CT molecular complexity index is 863. The molecule has 0 spiro atoms. The van der Waals surface area contributed by atoms with E-state index in [0.717, 1.165) is 12.0 Å². The van der Waals surface area contributed by atoms with Crippen molar-refractivity contribution in [2.24, 2.45) is 29.6 Å². The van der Waals surface area contributed by atoms with Gasteiger partial charge in [-0.05, 0) is 56.4 Å². The van der Waals surface area contributed by atoms with Crippen LogP contribution in [-0.4, -0.2) is 42.7 Å². The van der Waals surface area contributed by atoms with Crippen LogP contribution in [0.1, 0.15) is 87.1 Å². The molecular weight excluding hydrogens is 482 g/mol. The van der Waals surface area contributed by atoms with Crippen LogP contribution in [0.4, 0.5) is 4.79 Å². The van der Waals surface area contributed by atoms with Gasteiger partial charge in [0.15, 0.2) is 5.78 Å². The fourth-order valence-corrected chi connectivity index (χ4v) is 4.67. The Hall–Kier alpha value is -2.41. The van der Waals surface area contributed by atoms with E-state index >= 15 is 0 Å². The number of hydrogen-bond donors (Lipinski definition) is 1. The first-order valence-corrected chi connectivity index (χ1v) is 14.0. The number of benzene rings is 1. The molecule has 0 saturated carbocycles. The Morgan fingerprint density at radius 1 is 0.947 bits per heavy atom. The first-order valence-electron chi connectivity index (χ1n) is 14.0. The van der Waals surface area contributed by atoms with Gasteiger partial charge >= 0.3 is 12.1 Å². The van der Waals surface area contributed by atoms with Gasteiger partial charge in [0.05, 0.1) is 18.6 Å². The number of nitrogens with one attached hydrogen (secondary N) is 1. The maximum atomic E-state index is 13.6. The zero-order valence-electron chi connectivity index (χ0n) is 25.2. The molecule has 38 heavy (non-hydrogen) atoms. The number of ketones is 1. The Morgan fingerprint density at radius 2 is 1.55 bits per heavy atom. The fraction of sp³-hybridized carbons (Fsp3) is 0.710. The van der Waals surface area contributed by atoms with Gasteiger partial charge in [0.2, 0.25) is 0 Å². The summed E-state index contributed by atoms with van der Waals surface area (Å²) in [5.41, 5.74) is 0.323. The van der Waals surface area contributed by atoms with E-state index in [9.17, 15) is 14.4 Å². The summed E-state index contributed by atoms with van der Waals surface area (Å²) in [6.07, 6.45) is 0.900.